The van der Waals surface area contributed by atoms with Crippen LogP contribution in [0.5, 0.6) is 0 Å². The summed E-state index contributed by atoms with van der Waals surface area (Å²) in [5.74, 6) is 0. The number of nitrogens with zero attached hydrogens (tertiary/aromatic N) is 1. The van der Waals surface area contributed by atoms with Gasteiger partial charge in [-0.25, -0.2) is 4.98 Å². The summed E-state index contributed by atoms with van der Waals surface area (Å²) in [6.07, 6.45) is 0. The Morgan fingerprint density at radius 3 is 2.31 bits per heavy atom. The summed E-state index contributed by atoms with van der Waals surface area (Å²) in [7, 11) is 0. The molecule has 4 heteroatoms. The second-order valence-corrected chi connectivity index (χ2v) is 4.53. The highest BCUT2D eigenvalue weighted by Crippen LogP contribution is 2.27. The Kier molecular flexibility index (Phi) is 4.47. The Hall–Kier alpha value is -0.900. The van der Waals surface area contributed by atoms with Gasteiger partial charge in [-0.2, -0.15) is 0 Å². The first-order chi connectivity index (χ1) is 7.18. The van der Waals surface area contributed by atoms with Crippen LogP contribution in [0.1, 0.15) is 24.2 Å². The molecular weight excluding hydrogens is 240 g/mol. The van der Waals surface area contributed by atoms with Gasteiger partial charge in [0.05, 0.1) is 16.1 Å². The standard InChI is InChI=1S/C12H14N2S.ClH/c1-8(13)10-3-5-11(6-4-10)12-9(2)14-7-15-12;/h3-8H,13H2,1-2H3;1H/t8-;/m1./s1. The zero-order valence-corrected chi connectivity index (χ0v) is 10.9. The van der Waals surface area contributed by atoms with Crippen molar-refractivity contribution in [3.05, 3.63) is 41.0 Å². The summed E-state index contributed by atoms with van der Waals surface area (Å²) in [6, 6.07) is 8.48. The molecule has 1 atom stereocenters. The van der Waals surface area contributed by atoms with Gasteiger partial charge in [0.15, 0.2) is 0 Å². The maximum atomic E-state index is 5.80. The van der Waals surface area contributed by atoms with Crippen LogP contribution >= 0.6 is 23.7 Å². The maximum Gasteiger partial charge on any atom is 0.0801 e. The summed E-state index contributed by atoms with van der Waals surface area (Å²) < 4.78 is 0. The van der Waals surface area contributed by atoms with Crippen molar-refractivity contribution in [2.45, 2.75) is 19.9 Å². The lowest BCUT2D eigenvalue weighted by Gasteiger charge is -2.06. The van der Waals surface area contributed by atoms with Crippen LogP contribution in [0.4, 0.5) is 0 Å². The van der Waals surface area contributed by atoms with E-state index in [1.165, 1.54) is 16.0 Å². The molecule has 0 spiro atoms. The molecule has 2 rings (SSSR count). The van der Waals surface area contributed by atoms with Crippen LogP contribution in [0.15, 0.2) is 29.8 Å². The van der Waals surface area contributed by atoms with Gasteiger partial charge in [0.2, 0.25) is 0 Å². The van der Waals surface area contributed by atoms with Crippen molar-refractivity contribution in [3.8, 4) is 10.4 Å². The molecule has 0 saturated heterocycles. The van der Waals surface area contributed by atoms with Gasteiger partial charge in [-0.15, -0.1) is 23.7 Å². The van der Waals surface area contributed by atoms with Crippen LogP contribution in [-0.2, 0) is 0 Å². The first-order valence-electron chi connectivity index (χ1n) is 4.94. The summed E-state index contributed by atoms with van der Waals surface area (Å²) in [5.41, 5.74) is 11.2. The van der Waals surface area contributed by atoms with Gasteiger partial charge in [0.1, 0.15) is 0 Å². The van der Waals surface area contributed by atoms with E-state index in [0.717, 1.165) is 5.69 Å². The summed E-state index contributed by atoms with van der Waals surface area (Å²) in [6.45, 7) is 4.03. The molecule has 16 heavy (non-hydrogen) atoms. The zero-order chi connectivity index (χ0) is 10.8. The van der Waals surface area contributed by atoms with Crippen LogP contribution in [0.2, 0.25) is 0 Å². The smallest absolute Gasteiger partial charge is 0.0801 e. The van der Waals surface area contributed by atoms with Gasteiger partial charge >= 0.3 is 0 Å². The van der Waals surface area contributed by atoms with E-state index in [4.69, 9.17) is 5.73 Å². The molecule has 1 heterocycles. The molecule has 2 nitrogen and oxygen atoms in total. The number of thiazole rings is 1. The monoisotopic (exact) mass is 254 g/mol. The van der Waals surface area contributed by atoms with Crippen LogP contribution in [0.3, 0.4) is 0 Å². The fourth-order valence-electron chi connectivity index (χ4n) is 1.52. The minimum absolute atomic E-state index is 0. The van der Waals surface area contributed by atoms with Crippen LogP contribution in [-0.4, -0.2) is 4.98 Å². The average molecular weight is 255 g/mol. The van der Waals surface area contributed by atoms with E-state index in [2.05, 4.69) is 29.2 Å². The zero-order valence-electron chi connectivity index (χ0n) is 9.31. The van der Waals surface area contributed by atoms with E-state index in [-0.39, 0.29) is 18.4 Å². The molecule has 0 aliphatic heterocycles. The van der Waals surface area contributed by atoms with E-state index in [0.29, 0.717) is 0 Å². The predicted octanol–water partition coefficient (Wildman–Crippen LogP) is 3.56. The lowest BCUT2D eigenvalue weighted by molar-refractivity contribution is 0.818. The quantitative estimate of drug-likeness (QED) is 0.890. The van der Waals surface area contributed by atoms with Crippen LogP contribution in [0, 0.1) is 6.92 Å². The molecule has 0 fully saturated rings. The van der Waals surface area contributed by atoms with Gasteiger partial charge in [-0.05, 0) is 25.0 Å². The number of benzene rings is 1. The molecule has 2 aromatic rings. The highest BCUT2D eigenvalue weighted by Gasteiger charge is 2.05. The Bertz CT molecular complexity index is 448. The second kappa shape index (κ2) is 5.43. The van der Waals surface area contributed by atoms with E-state index in [9.17, 15) is 0 Å². The lowest BCUT2D eigenvalue weighted by Crippen LogP contribution is -2.04. The van der Waals surface area contributed by atoms with E-state index in [1.54, 1.807) is 11.3 Å². The van der Waals surface area contributed by atoms with Crippen molar-refractivity contribution >= 4 is 23.7 Å². The van der Waals surface area contributed by atoms with Crippen molar-refractivity contribution in [1.29, 1.82) is 0 Å². The van der Waals surface area contributed by atoms with E-state index in [1.807, 2.05) is 19.4 Å². The second-order valence-electron chi connectivity index (χ2n) is 3.68. The maximum absolute atomic E-state index is 5.80. The van der Waals surface area contributed by atoms with Gasteiger partial charge in [0.25, 0.3) is 0 Å². The number of hydrogen-bond donors (Lipinski definition) is 1. The SMILES string of the molecule is Cc1ncsc1-c1ccc([C@@H](C)N)cc1.Cl. The van der Waals surface area contributed by atoms with Crippen molar-refractivity contribution in [2.24, 2.45) is 5.73 Å². The molecule has 0 saturated carbocycles. The van der Waals surface area contributed by atoms with E-state index >= 15 is 0 Å². The number of nitrogens with two attached hydrogens (primary N) is 1. The number of halogens is 1. The number of rotatable bonds is 2. The van der Waals surface area contributed by atoms with Gasteiger partial charge in [-0.3, -0.25) is 0 Å². The molecule has 0 bridgehead atoms. The summed E-state index contributed by atoms with van der Waals surface area (Å²) >= 11 is 1.67. The third kappa shape index (κ3) is 2.61. The molecule has 86 valence electrons. The van der Waals surface area contributed by atoms with E-state index < -0.39 is 0 Å². The Balaban J connectivity index is 0.00000128. The Morgan fingerprint density at radius 2 is 1.88 bits per heavy atom. The van der Waals surface area contributed by atoms with Crippen molar-refractivity contribution in [3.63, 3.8) is 0 Å². The number of hydrogen-bond acceptors (Lipinski definition) is 3. The highest BCUT2D eigenvalue weighted by molar-refractivity contribution is 7.13. The molecule has 0 aliphatic rings. The molecule has 1 aromatic carbocycles. The fraction of sp³-hybridized carbons (Fsp3) is 0.250. The lowest BCUT2D eigenvalue weighted by atomic mass is 10.1. The predicted molar refractivity (Wildman–Crippen MR) is 72.1 cm³/mol. The minimum atomic E-state index is 0. The normalized spacial score (nSPS) is 11.9. The number of aryl methyl sites for hydroxylation is 1. The molecule has 0 radical (unpaired) electrons. The molecule has 1 aromatic heterocycles. The third-order valence-electron chi connectivity index (χ3n) is 2.44. The van der Waals surface area contributed by atoms with Gasteiger partial charge in [-0.1, -0.05) is 24.3 Å². The largest absolute Gasteiger partial charge is 0.324 e. The molecule has 0 aliphatic carbocycles. The van der Waals surface area contributed by atoms with Gasteiger partial charge in [0, 0.05) is 6.04 Å². The van der Waals surface area contributed by atoms with Crippen molar-refractivity contribution in [1.82, 2.24) is 4.98 Å². The molecule has 0 amide bonds. The first-order valence-corrected chi connectivity index (χ1v) is 5.82. The molecular formula is C12H15ClN2S. The molecule has 2 N–H and O–H groups in total. The van der Waals surface area contributed by atoms with Crippen molar-refractivity contribution < 1.29 is 0 Å². The first kappa shape index (κ1) is 13.2. The average Bonchev–Trinajstić information content (AvgIpc) is 2.65. The summed E-state index contributed by atoms with van der Waals surface area (Å²) in [4.78, 5) is 5.49. The highest BCUT2D eigenvalue weighted by atomic mass is 35.5. The van der Waals surface area contributed by atoms with Gasteiger partial charge < -0.3 is 5.73 Å². The summed E-state index contributed by atoms with van der Waals surface area (Å²) in [5, 5.41) is 0. The Labute approximate surface area is 106 Å². The third-order valence-corrected chi connectivity index (χ3v) is 3.42. The molecule has 0 unspecified atom stereocenters. The van der Waals surface area contributed by atoms with Crippen LogP contribution in [0.25, 0.3) is 10.4 Å². The minimum Gasteiger partial charge on any atom is -0.324 e. The van der Waals surface area contributed by atoms with Crippen molar-refractivity contribution in [2.75, 3.05) is 0 Å². The number of aromatic nitrogens is 1. The topological polar surface area (TPSA) is 38.9 Å². The van der Waals surface area contributed by atoms with Crippen LogP contribution < -0.4 is 5.73 Å². The Morgan fingerprint density at radius 1 is 1.25 bits per heavy atom. The fourth-order valence-corrected chi connectivity index (χ4v) is 2.33.